The Hall–Kier alpha value is -1.39. The zero-order valence-electron chi connectivity index (χ0n) is 9.44. The van der Waals surface area contributed by atoms with Crippen molar-refractivity contribution >= 4 is 11.5 Å². The van der Waals surface area contributed by atoms with Gasteiger partial charge in [0.15, 0.2) is 5.82 Å². The van der Waals surface area contributed by atoms with Crippen molar-refractivity contribution in [2.45, 2.75) is 18.8 Å². The predicted molar refractivity (Wildman–Crippen MR) is 62.0 cm³/mol. The molecule has 0 spiro atoms. The number of anilines is 2. The smallest absolute Gasteiger partial charge is 0.252 e. The number of halogens is 2. The third-order valence-corrected chi connectivity index (χ3v) is 3.95. The summed E-state index contributed by atoms with van der Waals surface area (Å²) in [6, 6.07) is 3.51. The Morgan fingerprint density at radius 2 is 2.24 bits per heavy atom. The van der Waals surface area contributed by atoms with E-state index < -0.39 is 11.8 Å². The second kappa shape index (κ2) is 3.55. The molecule has 17 heavy (non-hydrogen) atoms. The molecule has 2 N–H and O–H groups in total. The highest BCUT2D eigenvalue weighted by Crippen LogP contribution is 2.49. The number of nitrogens with two attached hydrogens (primary N) is 1. The molecule has 2 heterocycles. The van der Waals surface area contributed by atoms with Crippen molar-refractivity contribution in [1.29, 1.82) is 0 Å². The van der Waals surface area contributed by atoms with Crippen molar-refractivity contribution in [3.63, 3.8) is 0 Å². The van der Waals surface area contributed by atoms with E-state index >= 15 is 0 Å². The normalized spacial score (nSPS) is 30.6. The monoisotopic (exact) mass is 239 g/mol. The topological polar surface area (TPSA) is 42.1 Å². The van der Waals surface area contributed by atoms with Crippen LogP contribution in [0.5, 0.6) is 0 Å². The molecule has 3 rings (SSSR count). The summed E-state index contributed by atoms with van der Waals surface area (Å²) in [7, 11) is 0. The van der Waals surface area contributed by atoms with Gasteiger partial charge in [0, 0.05) is 31.6 Å². The van der Waals surface area contributed by atoms with Gasteiger partial charge in [-0.25, -0.2) is 13.8 Å². The molecule has 1 aromatic rings. The number of alkyl halides is 2. The van der Waals surface area contributed by atoms with E-state index in [4.69, 9.17) is 5.73 Å². The quantitative estimate of drug-likeness (QED) is 0.816. The van der Waals surface area contributed by atoms with Gasteiger partial charge in [-0.15, -0.1) is 0 Å². The second-order valence-corrected chi connectivity index (χ2v) is 4.99. The van der Waals surface area contributed by atoms with Crippen LogP contribution in [0, 0.1) is 11.8 Å². The summed E-state index contributed by atoms with van der Waals surface area (Å²) >= 11 is 0. The van der Waals surface area contributed by atoms with Crippen LogP contribution in [0.2, 0.25) is 0 Å². The molecule has 2 fully saturated rings. The van der Waals surface area contributed by atoms with E-state index in [1.165, 1.54) is 0 Å². The number of rotatable bonds is 1. The van der Waals surface area contributed by atoms with Crippen LogP contribution in [0.4, 0.5) is 20.3 Å². The molecule has 1 aliphatic carbocycles. The van der Waals surface area contributed by atoms with E-state index in [9.17, 15) is 8.78 Å². The highest BCUT2D eigenvalue weighted by molar-refractivity contribution is 5.62. The van der Waals surface area contributed by atoms with Gasteiger partial charge in [0.1, 0.15) is 0 Å². The molecule has 1 aliphatic heterocycles. The van der Waals surface area contributed by atoms with Gasteiger partial charge < -0.3 is 10.6 Å². The van der Waals surface area contributed by atoms with Gasteiger partial charge in [-0.1, -0.05) is 0 Å². The summed E-state index contributed by atoms with van der Waals surface area (Å²) in [4.78, 5) is 6.09. The maximum Gasteiger partial charge on any atom is 0.252 e. The summed E-state index contributed by atoms with van der Waals surface area (Å²) in [6.45, 7) is 1.03. The van der Waals surface area contributed by atoms with E-state index in [1.807, 2.05) is 4.90 Å². The Kier molecular flexibility index (Phi) is 2.24. The van der Waals surface area contributed by atoms with Gasteiger partial charge in [-0.3, -0.25) is 0 Å². The molecule has 3 nitrogen and oxygen atoms in total. The van der Waals surface area contributed by atoms with Crippen molar-refractivity contribution in [2.24, 2.45) is 11.8 Å². The fourth-order valence-electron chi connectivity index (χ4n) is 3.05. The third kappa shape index (κ3) is 1.64. The summed E-state index contributed by atoms with van der Waals surface area (Å²) in [5.74, 6) is -2.30. The molecule has 92 valence electrons. The molecule has 0 radical (unpaired) electrons. The lowest BCUT2D eigenvalue weighted by Crippen LogP contribution is -2.29. The molecule has 0 bridgehead atoms. The van der Waals surface area contributed by atoms with E-state index in [1.54, 1.807) is 18.3 Å². The first-order valence-electron chi connectivity index (χ1n) is 5.91. The van der Waals surface area contributed by atoms with Crippen LogP contribution < -0.4 is 10.6 Å². The average Bonchev–Trinajstić information content (AvgIpc) is 2.81. The van der Waals surface area contributed by atoms with Gasteiger partial charge in [0.05, 0.1) is 5.69 Å². The summed E-state index contributed by atoms with van der Waals surface area (Å²) in [5.41, 5.74) is 6.39. The molecular weight excluding hydrogens is 224 g/mol. The SMILES string of the molecule is Nc1cccnc1N1C[C@@H]2CCC(F)(F)[C@@H]2C1. The first-order chi connectivity index (χ1) is 8.08. The number of pyridine rings is 1. The summed E-state index contributed by atoms with van der Waals surface area (Å²) in [5, 5.41) is 0. The maximum atomic E-state index is 13.6. The van der Waals surface area contributed by atoms with Crippen molar-refractivity contribution in [1.82, 2.24) is 4.98 Å². The number of aromatic nitrogens is 1. The molecule has 2 aliphatic rings. The van der Waals surface area contributed by atoms with Crippen molar-refractivity contribution in [3.8, 4) is 0 Å². The molecular formula is C12H15F2N3. The van der Waals surface area contributed by atoms with Gasteiger partial charge >= 0.3 is 0 Å². The van der Waals surface area contributed by atoms with Gasteiger partial charge in [0.25, 0.3) is 5.92 Å². The zero-order valence-corrected chi connectivity index (χ0v) is 9.44. The Morgan fingerprint density at radius 1 is 1.41 bits per heavy atom. The number of hydrogen-bond acceptors (Lipinski definition) is 3. The lowest BCUT2D eigenvalue weighted by Gasteiger charge is -2.22. The molecule has 0 amide bonds. The van der Waals surface area contributed by atoms with E-state index in [-0.39, 0.29) is 12.3 Å². The van der Waals surface area contributed by atoms with Crippen molar-refractivity contribution in [3.05, 3.63) is 18.3 Å². The molecule has 0 unspecified atom stereocenters. The molecule has 1 saturated heterocycles. The van der Waals surface area contributed by atoms with E-state index in [0.29, 0.717) is 31.0 Å². The van der Waals surface area contributed by atoms with Gasteiger partial charge in [0.2, 0.25) is 0 Å². The average molecular weight is 239 g/mol. The second-order valence-electron chi connectivity index (χ2n) is 4.99. The summed E-state index contributed by atoms with van der Waals surface area (Å²) in [6.07, 6.45) is 2.30. The maximum absolute atomic E-state index is 13.6. The Morgan fingerprint density at radius 3 is 2.94 bits per heavy atom. The lowest BCUT2D eigenvalue weighted by molar-refractivity contribution is -0.0351. The highest BCUT2D eigenvalue weighted by Gasteiger charge is 2.54. The minimum atomic E-state index is -2.51. The fraction of sp³-hybridized carbons (Fsp3) is 0.583. The predicted octanol–water partition coefficient (Wildman–Crippen LogP) is 2.15. The molecule has 2 atom stereocenters. The third-order valence-electron chi connectivity index (χ3n) is 3.95. The number of nitrogen functional groups attached to an aromatic ring is 1. The van der Waals surface area contributed by atoms with Crippen LogP contribution in [0.1, 0.15) is 12.8 Å². The Labute approximate surface area is 98.6 Å². The van der Waals surface area contributed by atoms with Crippen molar-refractivity contribution < 1.29 is 8.78 Å². The zero-order chi connectivity index (χ0) is 12.0. The Bertz CT molecular complexity index is 436. The van der Waals surface area contributed by atoms with Crippen LogP contribution in [0.15, 0.2) is 18.3 Å². The van der Waals surface area contributed by atoms with Crippen LogP contribution in [0.3, 0.4) is 0 Å². The number of fused-ring (bicyclic) bond motifs is 1. The van der Waals surface area contributed by atoms with Crippen LogP contribution in [-0.2, 0) is 0 Å². The minimum Gasteiger partial charge on any atom is -0.396 e. The molecule has 0 aromatic carbocycles. The number of hydrogen-bond donors (Lipinski definition) is 1. The summed E-state index contributed by atoms with van der Waals surface area (Å²) < 4.78 is 27.2. The Balaban J connectivity index is 1.84. The largest absolute Gasteiger partial charge is 0.396 e. The first kappa shape index (κ1) is 10.7. The lowest BCUT2D eigenvalue weighted by atomic mass is 9.99. The first-order valence-corrected chi connectivity index (χ1v) is 5.91. The standard InChI is InChI=1S/C12H15F2N3/c13-12(14)4-3-8-6-17(7-9(8)12)11-10(15)2-1-5-16-11/h1-2,5,8-9H,3-4,6-7,15H2/t8-,9+/m0/s1. The number of nitrogens with zero attached hydrogens (tertiary/aromatic N) is 2. The van der Waals surface area contributed by atoms with E-state index in [2.05, 4.69) is 4.98 Å². The molecule has 1 saturated carbocycles. The van der Waals surface area contributed by atoms with Gasteiger partial charge in [-0.05, 0) is 24.5 Å². The van der Waals surface area contributed by atoms with Gasteiger partial charge in [-0.2, -0.15) is 0 Å². The van der Waals surface area contributed by atoms with Crippen LogP contribution >= 0.6 is 0 Å². The van der Waals surface area contributed by atoms with Crippen molar-refractivity contribution in [2.75, 3.05) is 23.7 Å². The minimum absolute atomic E-state index is 0.0356. The molecule has 1 aromatic heterocycles. The molecule has 5 heteroatoms. The fourth-order valence-corrected chi connectivity index (χ4v) is 3.05. The highest BCUT2D eigenvalue weighted by atomic mass is 19.3. The van der Waals surface area contributed by atoms with Crippen LogP contribution in [-0.4, -0.2) is 24.0 Å². The van der Waals surface area contributed by atoms with Crippen LogP contribution in [0.25, 0.3) is 0 Å². The van der Waals surface area contributed by atoms with E-state index in [0.717, 1.165) is 0 Å².